The summed E-state index contributed by atoms with van der Waals surface area (Å²) >= 11 is 1.38. The van der Waals surface area contributed by atoms with Gasteiger partial charge in [-0.25, -0.2) is 0 Å². The minimum absolute atomic E-state index is 0.229. The second kappa shape index (κ2) is 6.13. The minimum Gasteiger partial charge on any atom is -0.322 e. The lowest BCUT2D eigenvalue weighted by atomic mass is 10.2. The van der Waals surface area contributed by atoms with Crippen LogP contribution in [0.15, 0.2) is 66.3 Å². The predicted octanol–water partition coefficient (Wildman–Crippen LogP) is 3.58. The van der Waals surface area contributed by atoms with Gasteiger partial charge in [0.25, 0.3) is 5.91 Å². The summed E-state index contributed by atoms with van der Waals surface area (Å²) in [4.78, 5) is 17.5. The van der Waals surface area contributed by atoms with Gasteiger partial charge in [0.05, 0.1) is 5.69 Å². The van der Waals surface area contributed by atoms with Gasteiger partial charge in [0.1, 0.15) is 4.88 Å². The second-order valence-corrected chi connectivity index (χ2v) is 5.97. The molecule has 0 aliphatic rings. The highest BCUT2D eigenvalue weighted by Crippen LogP contribution is 2.22. The number of benzene rings is 1. The molecule has 24 heavy (non-hydrogen) atoms. The maximum absolute atomic E-state index is 12.5. The molecule has 0 saturated heterocycles. The molecule has 0 spiro atoms. The van der Waals surface area contributed by atoms with E-state index in [9.17, 15) is 4.79 Å². The van der Waals surface area contributed by atoms with E-state index in [-0.39, 0.29) is 11.9 Å². The van der Waals surface area contributed by atoms with Crippen LogP contribution in [-0.4, -0.2) is 25.7 Å². The summed E-state index contributed by atoms with van der Waals surface area (Å²) in [6, 6.07) is 15.4. The van der Waals surface area contributed by atoms with E-state index in [0.717, 1.165) is 11.3 Å². The summed E-state index contributed by atoms with van der Waals surface area (Å²) in [6.07, 6.45) is 3.80. The van der Waals surface area contributed by atoms with Crippen LogP contribution in [0.5, 0.6) is 0 Å². The third-order valence-electron chi connectivity index (χ3n) is 3.49. The fourth-order valence-electron chi connectivity index (χ4n) is 2.37. The number of hydrogen-bond acceptors (Lipinski definition) is 4. The van der Waals surface area contributed by atoms with Gasteiger partial charge in [0.2, 0.25) is 5.95 Å². The first-order valence-electron chi connectivity index (χ1n) is 7.31. The van der Waals surface area contributed by atoms with E-state index >= 15 is 0 Å². The molecule has 7 heteroatoms. The molecule has 0 atom stereocenters. The highest BCUT2D eigenvalue weighted by molar-refractivity contribution is 7.12. The first kappa shape index (κ1) is 14.4. The Hall–Kier alpha value is -3.19. The van der Waals surface area contributed by atoms with E-state index in [2.05, 4.69) is 20.5 Å². The monoisotopic (exact) mass is 335 g/mol. The molecule has 2 N–H and O–H groups in total. The van der Waals surface area contributed by atoms with Crippen LogP contribution in [0.4, 0.5) is 5.95 Å². The van der Waals surface area contributed by atoms with Crippen molar-refractivity contribution in [2.45, 2.75) is 0 Å². The van der Waals surface area contributed by atoms with Crippen LogP contribution in [0.1, 0.15) is 9.67 Å². The molecular formula is C17H13N5OS. The van der Waals surface area contributed by atoms with Crippen LogP contribution in [0.3, 0.4) is 0 Å². The molecule has 0 aliphatic carbocycles. The molecule has 0 unspecified atom stereocenters. The van der Waals surface area contributed by atoms with E-state index in [0.29, 0.717) is 10.7 Å². The molecule has 118 valence electrons. The number of carbonyl (C=O) groups excluding carboxylic acids is 1. The number of rotatable bonds is 4. The zero-order valence-electron chi connectivity index (χ0n) is 12.5. The smallest absolute Gasteiger partial charge is 0.270 e. The Morgan fingerprint density at radius 3 is 2.67 bits per heavy atom. The summed E-state index contributed by atoms with van der Waals surface area (Å²) < 4.78 is 1.90. The van der Waals surface area contributed by atoms with Gasteiger partial charge < -0.3 is 4.57 Å². The number of aromatic amines is 1. The van der Waals surface area contributed by atoms with Crippen molar-refractivity contribution >= 4 is 23.2 Å². The third-order valence-corrected chi connectivity index (χ3v) is 4.39. The zero-order chi connectivity index (χ0) is 16.4. The van der Waals surface area contributed by atoms with E-state index in [1.807, 2.05) is 70.9 Å². The number of thiophene rings is 1. The predicted molar refractivity (Wildman–Crippen MR) is 93.4 cm³/mol. The van der Waals surface area contributed by atoms with Crippen LogP contribution in [0, 0.1) is 0 Å². The molecular weight excluding hydrogens is 322 g/mol. The average Bonchev–Trinajstić information content (AvgIpc) is 3.36. The molecule has 0 saturated carbocycles. The summed E-state index contributed by atoms with van der Waals surface area (Å²) in [5.41, 5.74) is 1.75. The summed E-state index contributed by atoms with van der Waals surface area (Å²) in [5.74, 6) is 0.640. The number of amides is 1. The van der Waals surface area contributed by atoms with Crippen LogP contribution >= 0.6 is 11.3 Å². The summed E-state index contributed by atoms with van der Waals surface area (Å²) in [6.45, 7) is 0. The maximum Gasteiger partial charge on any atom is 0.270 e. The number of nitrogens with one attached hydrogen (secondary N) is 2. The van der Waals surface area contributed by atoms with Gasteiger partial charge in [-0.15, -0.1) is 16.4 Å². The fourth-order valence-corrected chi connectivity index (χ4v) is 3.16. The van der Waals surface area contributed by atoms with Gasteiger partial charge in [0, 0.05) is 18.0 Å². The normalized spacial score (nSPS) is 10.7. The lowest BCUT2D eigenvalue weighted by Crippen LogP contribution is -2.13. The van der Waals surface area contributed by atoms with Crippen molar-refractivity contribution < 1.29 is 4.79 Å². The third kappa shape index (κ3) is 2.72. The van der Waals surface area contributed by atoms with Crippen LogP contribution in [-0.2, 0) is 0 Å². The van der Waals surface area contributed by atoms with Gasteiger partial charge >= 0.3 is 0 Å². The van der Waals surface area contributed by atoms with Crippen LogP contribution in [0.2, 0.25) is 0 Å². The Labute approximate surface area is 141 Å². The first-order valence-corrected chi connectivity index (χ1v) is 8.19. The largest absolute Gasteiger partial charge is 0.322 e. The number of H-pyrrole nitrogens is 1. The van der Waals surface area contributed by atoms with Crippen molar-refractivity contribution in [1.29, 1.82) is 0 Å². The molecule has 0 radical (unpaired) electrons. The Bertz CT molecular complexity index is 956. The van der Waals surface area contributed by atoms with Crippen molar-refractivity contribution in [3.63, 3.8) is 0 Å². The molecule has 0 fully saturated rings. The van der Waals surface area contributed by atoms with Crippen LogP contribution in [0.25, 0.3) is 17.1 Å². The SMILES string of the molecule is O=C(Nc1n[nH]c(-c2ccccc2)n1)c1sccc1-n1cccc1. The number of anilines is 1. The van der Waals surface area contributed by atoms with Crippen molar-refractivity contribution in [3.8, 4) is 17.1 Å². The number of nitrogens with zero attached hydrogens (tertiary/aromatic N) is 3. The van der Waals surface area contributed by atoms with E-state index in [4.69, 9.17) is 0 Å². The molecule has 4 rings (SSSR count). The van der Waals surface area contributed by atoms with E-state index < -0.39 is 0 Å². The van der Waals surface area contributed by atoms with Crippen molar-refractivity contribution in [3.05, 3.63) is 71.2 Å². The minimum atomic E-state index is -0.229. The molecule has 3 heterocycles. The number of carbonyl (C=O) groups is 1. The van der Waals surface area contributed by atoms with Crippen molar-refractivity contribution in [2.75, 3.05) is 5.32 Å². The second-order valence-electron chi connectivity index (χ2n) is 5.05. The standard InChI is InChI=1S/C17H13N5OS/c23-16(14-13(8-11-24-14)22-9-4-5-10-22)19-17-18-15(20-21-17)12-6-2-1-3-7-12/h1-11H,(H2,18,19,20,21,23). The Balaban J connectivity index is 1.56. The van der Waals surface area contributed by atoms with Crippen LogP contribution < -0.4 is 5.32 Å². The molecule has 4 aromatic rings. The average molecular weight is 335 g/mol. The maximum atomic E-state index is 12.5. The number of hydrogen-bond donors (Lipinski definition) is 2. The molecule has 0 aliphatic heterocycles. The van der Waals surface area contributed by atoms with Gasteiger partial charge in [-0.05, 0) is 23.6 Å². The van der Waals surface area contributed by atoms with Crippen molar-refractivity contribution in [1.82, 2.24) is 19.7 Å². The van der Waals surface area contributed by atoms with Gasteiger partial charge in [0.15, 0.2) is 5.82 Å². The first-order chi connectivity index (χ1) is 11.8. The van der Waals surface area contributed by atoms with Gasteiger partial charge in [-0.3, -0.25) is 15.2 Å². The van der Waals surface area contributed by atoms with Gasteiger partial charge in [-0.1, -0.05) is 30.3 Å². The fraction of sp³-hybridized carbons (Fsp3) is 0. The lowest BCUT2D eigenvalue weighted by molar-refractivity contribution is 0.102. The molecule has 1 aromatic carbocycles. The molecule has 1 amide bonds. The molecule has 3 aromatic heterocycles. The van der Waals surface area contributed by atoms with E-state index in [1.165, 1.54) is 11.3 Å². The summed E-state index contributed by atoms with van der Waals surface area (Å²) in [5, 5.41) is 11.5. The van der Waals surface area contributed by atoms with Gasteiger partial charge in [-0.2, -0.15) is 4.98 Å². The van der Waals surface area contributed by atoms with E-state index in [1.54, 1.807) is 0 Å². The highest BCUT2D eigenvalue weighted by atomic mass is 32.1. The summed E-state index contributed by atoms with van der Waals surface area (Å²) in [7, 11) is 0. The van der Waals surface area contributed by atoms with Crippen molar-refractivity contribution in [2.24, 2.45) is 0 Å². The lowest BCUT2D eigenvalue weighted by Gasteiger charge is -2.04. The highest BCUT2D eigenvalue weighted by Gasteiger charge is 2.16. The molecule has 6 nitrogen and oxygen atoms in total. The Morgan fingerprint density at radius 2 is 1.88 bits per heavy atom. The zero-order valence-corrected chi connectivity index (χ0v) is 13.3. The topological polar surface area (TPSA) is 75.6 Å². The quantitative estimate of drug-likeness (QED) is 0.598. The number of aromatic nitrogens is 4. The Kier molecular flexibility index (Phi) is 3.68. The molecule has 0 bridgehead atoms. The Morgan fingerprint density at radius 1 is 1.08 bits per heavy atom.